The van der Waals surface area contributed by atoms with E-state index in [9.17, 15) is 13.6 Å². The number of halogens is 3. The van der Waals surface area contributed by atoms with Crippen molar-refractivity contribution in [2.75, 3.05) is 6.54 Å². The third kappa shape index (κ3) is 2.61. The molecule has 4 atom stereocenters. The van der Waals surface area contributed by atoms with Gasteiger partial charge in [-0.15, -0.1) is 12.4 Å². The van der Waals surface area contributed by atoms with Crippen LogP contribution in [0.1, 0.15) is 29.9 Å². The monoisotopic (exact) mass is 328 g/mol. The fourth-order valence-corrected chi connectivity index (χ4v) is 3.93. The average molecular weight is 329 g/mol. The zero-order valence-corrected chi connectivity index (χ0v) is 12.8. The number of carbonyl (C=O) groups excluding carboxylic acids is 1. The Hall–Kier alpha value is -1.20. The Labute approximate surface area is 134 Å². The second kappa shape index (κ2) is 5.46. The van der Waals surface area contributed by atoms with Crippen LogP contribution in [0.3, 0.4) is 0 Å². The van der Waals surface area contributed by atoms with E-state index in [-0.39, 0.29) is 24.4 Å². The van der Waals surface area contributed by atoms with Crippen molar-refractivity contribution in [3.05, 3.63) is 35.4 Å². The van der Waals surface area contributed by atoms with E-state index in [0.717, 1.165) is 12.8 Å². The third-order valence-corrected chi connectivity index (χ3v) is 5.07. The molecule has 1 aliphatic heterocycles. The van der Waals surface area contributed by atoms with Crippen LogP contribution in [0.5, 0.6) is 0 Å². The van der Waals surface area contributed by atoms with E-state index in [1.807, 2.05) is 12.1 Å². The molecule has 22 heavy (non-hydrogen) atoms. The van der Waals surface area contributed by atoms with E-state index in [1.165, 1.54) is 11.1 Å². The Balaban J connectivity index is 0.00000144. The van der Waals surface area contributed by atoms with Crippen molar-refractivity contribution in [1.29, 1.82) is 0 Å². The fourth-order valence-electron chi connectivity index (χ4n) is 3.93. The van der Waals surface area contributed by atoms with Crippen molar-refractivity contribution >= 4 is 18.3 Å². The first-order valence-corrected chi connectivity index (χ1v) is 7.54. The van der Waals surface area contributed by atoms with Crippen LogP contribution in [0, 0.1) is 5.92 Å². The van der Waals surface area contributed by atoms with Crippen molar-refractivity contribution in [2.24, 2.45) is 5.92 Å². The number of fused-ring (bicyclic) bond motifs is 3. The predicted molar refractivity (Wildman–Crippen MR) is 81.5 cm³/mol. The fraction of sp³-hybridized carbons (Fsp3) is 0.562. The van der Waals surface area contributed by atoms with E-state index < -0.39 is 24.9 Å². The van der Waals surface area contributed by atoms with Crippen LogP contribution in [0.4, 0.5) is 8.78 Å². The Morgan fingerprint density at radius 2 is 2.09 bits per heavy atom. The van der Waals surface area contributed by atoms with Crippen LogP contribution in [-0.2, 0) is 11.2 Å². The SMILES string of the molecule is Cl.O=C(NC1C2CCc3ccccc3C21)C1CC(F)(F)CN1. The molecule has 0 bridgehead atoms. The van der Waals surface area contributed by atoms with Gasteiger partial charge < -0.3 is 5.32 Å². The molecule has 3 nitrogen and oxygen atoms in total. The van der Waals surface area contributed by atoms with E-state index in [0.29, 0.717) is 11.8 Å². The molecule has 2 aliphatic carbocycles. The van der Waals surface area contributed by atoms with Gasteiger partial charge in [-0.3, -0.25) is 10.1 Å². The highest BCUT2D eigenvalue weighted by Gasteiger charge is 2.54. The number of aryl methyl sites for hydroxylation is 1. The van der Waals surface area contributed by atoms with E-state index in [2.05, 4.69) is 22.8 Å². The minimum atomic E-state index is -2.76. The Kier molecular flexibility index (Phi) is 3.89. The topological polar surface area (TPSA) is 41.1 Å². The minimum Gasteiger partial charge on any atom is -0.351 e. The second-order valence-electron chi connectivity index (χ2n) is 6.46. The van der Waals surface area contributed by atoms with E-state index >= 15 is 0 Å². The van der Waals surface area contributed by atoms with Gasteiger partial charge in [-0.2, -0.15) is 0 Å². The standard InChI is InChI=1S/C16H18F2N2O.ClH/c17-16(18)7-12(19-8-16)15(21)20-14-11-6-5-9-3-1-2-4-10(9)13(11)14;/h1-4,11-14,19H,5-8H2,(H,20,21);1H. The molecule has 1 saturated carbocycles. The van der Waals surface area contributed by atoms with Crippen LogP contribution >= 0.6 is 12.4 Å². The summed E-state index contributed by atoms with van der Waals surface area (Å²) < 4.78 is 26.3. The van der Waals surface area contributed by atoms with Crippen LogP contribution in [0.2, 0.25) is 0 Å². The third-order valence-electron chi connectivity index (χ3n) is 5.07. The molecule has 1 heterocycles. The Bertz CT molecular complexity index is 595. The van der Waals surface area contributed by atoms with Gasteiger partial charge in [0.25, 0.3) is 5.92 Å². The van der Waals surface area contributed by atoms with Crippen molar-refractivity contribution in [3.8, 4) is 0 Å². The summed E-state index contributed by atoms with van der Waals surface area (Å²) in [7, 11) is 0. The summed E-state index contributed by atoms with van der Waals surface area (Å²) in [6.45, 7) is -0.397. The van der Waals surface area contributed by atoms with Crippen LogP contribution < -0.4 is 10.6 Å². The molecule has 0 spiro atoms. The van der Waals surface area contributed by atoms with E-state index in [4.69, 9.17) is 0 Å². The number of nitrogens with one attached hydrogen (secondary N) is 2. The van der Waals surface area contributed by atoms with Gasteiger partial charge in [0, 0.05) is 18.4 Å². The van der Waals surface area contributed by atoms with Gasteiger partial charge in [-0.25, -0.2) is 8.78 Å². The number of hydrogen-bond donors (Lipinski definition) is 2. The summed E-state index contributed by atoms with van der Waals surface area (Å²) in [5.74, 6) is -2.18. The normalized spacial score (nSPS) is 34.1. The highest BCUT2D eigenvalue weighted by Crippen LogP contribution is 2.54. The van der Waals surface area contributed by atoms with Crippen LogP contribution in [0.15, 0.2) is 24.3 Å². The predicted octanol–water partition coefficient (Wildman–Crippen LogP) is 2.25. The maximum Gasteiger partial charge on any atom is 0.262 e. The molecular formula is C16H19ClF2N2O. The van der Waals surface area contributed by atoms with E-state index in [1.54, 1.807) is 0 Å². The summed E-state index contributed by atoms with van der Waals surface area (Å²) in [5, 5.41) is 5.60. The van der Waals surface area contributed by atoms with Crippen molar-refractivity contribution in [2.45, 2.75) is 43.2 Å². The number of amides is 1. The van der Waals surface area contributed by atoms with Crippen molar-refractivity contribution in [1.82, 2.24) is 10.6 Å². The number of alkyl halides is 2. The average Bonchev–Trinajstić information content (AvgIpc) is 3.04. The van der Waals surface area contributed by atoms with Crippen molar-refractivity contribution in [3.63, 3.8) is 0 Å². The minimum absolute atomic E-state index is 0. The quantitative estimate of drug-likeness (QED) is 0.874. The molecule has 3 aliphatic rings. The number of carbonyl (C=O) groups is 1. The Morgan fingerprint density at radius 1 is 1.32 bits per heavy atom. The molecule has 1 aromatic rings. The van der Waals surface area contributed by atoms with Crippen LogP contribution in [-0.4, -0.2) is 30.5 Å². The first-order valence-electron chi connectivity index (χ1n) is 7.54. The number of hydrogen-bond acceptors (Lipinski definition) is 2. The Morgan fingerprint density at radius 3 is 2.82 bits per heavy atom. The van der Waals surface area contributed by atoms with Gasteiger partial charge in [-0.05, 0) is 29.9 Å². The summed E-state index contributed by atoms with van der Waals surface area (Å²) in [6, 6.07) is 7.70. The molecule has 0 aromatic heterocycles. The van der Waals surface area contributed by atoms with Crippen molar-refractivity contribution < 1.29 is 13.6 Å². The lowest BCUT2D eigenvalue weighted by molar-refractivity contribution is -0.123. The first kappa shape index (κ1) is 15.7. The lowest BCUT2D eigenvalue weighted by atomic mass is 9.92. The summed E-state index contributed by atoms with van der Waals surface area (Å²) in [4.78, 5) is 12.1. The molecule has 0 radical (unpaired) electrons. The highest BCUT2D eigenvalue weighted by molar-refractivity contribution is 5.85. The van der Waals surface area contributed by atoms with Gasteiger partial charge in [0.15, 0.2) is 0 Å². The van der Waals surface area contributed by atoms with Gasteiger partial charge >= 0.3 is 0 Å². The zero-order valence-electron chi connectivity index (χ0n) is 12.0. The van der Waals surface area contributed by atoms with Gasteiger partial charge in [0.2, 0.25) is 5.91 Å². The highest BCUT2D eigenvalue weighted by atomic mass is 35.5. The summed E-state index contributed by atoms with van der Waals surface area (Å²) >= 11 is 0. The lowest BCUT2D eigenvalue weighted by Crippen LogP contribution is -2.42. The number of benzene rings is 1. The molecule has 1 amide bonds. The molecule has 4 unspecified atom stereocenters. The molecule has 1 aromatic carbocycles. The summed E-state index contributed by atoms with van der Waals surface area (Å²) in [6.07, 6.45) is 1.72. The zero-order chi connectivity index (χ0) is 14.6. The molecule has 1 saturated heterocycles. The molecular weight excluding hydrogens is 310 g/mol. The maximum absolute atomic E-state index is 13.2. The summed E-state index contributed by atoms with van der Waals surface area (Å²) in [5.41, 5.74) is 2.68. The largest absolute Gasteiger partial charge is 0.351 e. The molecule has 4 rings (SSSR count). The molecule has 120 valence electrons. The van der Waals surface area contributed by atoms with Gasteiger partial charge in [-0.1, -0.05) is 24.3 Å². The van der Waals surface area contributed by atoms with Gasteiger partial charge in [0.1, 0.15) is 0 Å². The maximum atomic E-state index is 13.2. The number of rotatable bonds is 2. The lowest BCUT2D eigenvalue weighted by Gasteiger charge is -2.13. The van der Waals surface area contributed by atoms with Crippen LogP contribution in [0.25, 0.3) is 0 Å². The van der Waals surface area contributed by atoms with Gasteiger partial charge in [0.05, 0.1) is 12.6 Å². The molecule has 2 fully saturated rings. The second-order valence-corrected chi connectivity index (χ2v) is 6.46. The molecule has 2 N–H and O–H groups in total. The first-order chi connectivity index (χ1) is 10.1. The molecule has 6 heteroatoms. The smallest absolute Gasteiger partial charge is 0.262 e.